The van der Waals surface area contributed by atoms with Gasteiger partial charge in [0.05, 0.1) is 11.9 Å². The van der Waals surface area contributed by atoms with Gasteiger partial charge in [-0.25, -0.2) is 0 Å². The molecule has 2 rings (SSSR count). The van der Waals surface area contributed by atoms with Gasteiger partial charge >= 0.3 is 0 Å². The minimum Gasteiger partial charge on any atom is -0.508 e. The molecular weight excluding hydrogens is 274 g/mol. The van der Waals surface area contributed by atoms with Crippen LogP contribution in [0.4, 0.5) is 5.69 Å². The van der Waals surface area contributed by atoms with Gasteiger partial charge in [0.15, 0.2) is 5.11 Å². The van der Waals surface area contributed by atoms with Crippen LogP contribution in [0.2, 0.25) is 0 Å². The van der Waals surface area contributed by atoms with Gasteiger partial charge in [-0.1, -0.05) is 12.1 Å². The summed E-state index contributed by atoms with van der Waals surface area (Å²) >= 11 is 5.04. The van der Waals surface area contributed by atoms with Crippen molar-refractivity contribution in [2.24, 2.45) is 5.10 Å². The Morgan fingerprint density at radius 2 is 1.75 bits per heavy atom. The molecular formula is C14H13N3O2S. The maximum atomic E-state index is 9.58. The molecule has 6 heteroatoms. The number of phenolic OH excluding ortho intramolecular Hbond substituents is 2. The SMILES string of the molecule is Oc1ccc(/C=N/NC(=S)Nc2ccccc2O)cc1. The monoisotopic (exact) mass is 287 g/mol. The number of hydrogen-bond acceptors (Lipinski definition) is 4. The van der Waals surface area contributed by atoms with Crippen LogP contribution in [0.3, 0.4) is 0 Å². The first-order valence-electron chi connectivity index (χ1n) is 5.82. The first-order chi connectivity index (χ1) is 9.65. The Labute approximate surface area is 121 Å². The average molecular weight is 287 g/mol. The normalized spacial score (nSPS) is 10.4. The summed E-state index contributed by atoms with van der Waals surface area (Å²) in [6.45, 7) is 0. The molecule has 2 aromatic rings. The van der Waals surface area contributed by atoms with Crippen molar-refractivity contribution in [2.75, 3.05) is 5.32 Å². The molecule has 4 N–H and O–H groups in total. The van der Waals surface area contributed by atoms with Gasteiger partial charge in [0, 0.05) is 0 Å². The zero-order valence-corrected chi connectivity index (χ0v) is 11.3. The quantitative estimate of drug-likeness (QED) is 0.302. The van der Waals surface area contributed by atoms with Crippen LogP contribution in [0, 0.1) is 0 Å². The zero-order chi connectivity index (χ0) is 14.4. The van der Waals surface area contributed by atoms with E-state index in [1.165, 1.54) is 0 Å². The molecule has 0 aromatic heterocycles. The third-order valence-corrected chi connectivity index (χ3v) is 2.62. The van der Waals surface area contributed by atoms with Crippen LogP contribution < -0.4 is 10.7 Å². The predicted molar refractivity (Wildman–Crippen MR) is 83.2 cm³/mol. The third kappa shape index (κ3) is 3.96. The van der Waals surface area contributed by atoms with Crippen LogP contribution in [0.15, 0.2) is 53.6 Å². The highest BCUT2D eigenvalue weighted by atomic mass is 32.1. The highest BCUT2D eigenvalue weighted by Gasteiger charge is 2.00. The van der Waals surface area contributed by atoms with E-state index in [0.29, 0.717) is 5.69 Å². The van der Waals surface area contributed by atoms with Crippen LogP contribution in [0.1, 0.15) is 5.56 Å². The molecule has 0 saturated carbocycles. The molecule has 102 valence electrons. The number of thiocarbonyl (C=S) groups is 1. The summed E-state index contributed by atoms with van der Waals surface area (Å²) in [4.78, 5) is 0. The molecule has 0 fully saturated rings. The van der Waals surface area contributed by atoms with Gasteiger partial charge in [0.25, 0.3) is 0 Å². The van der Waals surface area contributed by atoms with Crippen molar-refractivity contribution in [3.05, 3.63) is 54.1 Å². The van der Waals surface area contributed by atoms with E-state index in [2.05, 4.69) is 15.8 Å². The Kier molecular flexibility index (Phi) is 4.52. The van der Waals surface area contributed by atoms with E-state index in [-0.39, 0.29) is 16.6 Å². The molecule has 0 radical (unpaired) electrons. The van der Waals surface area contributed by atoms with E-state index >= 15 is 0 Å². The fourth-order valence-electron chi connectivity index (χ4n) is 1.46. The van der Waals surface area contributed by atoms with Gasteiger partial charge in [-0.3, -0.25) is 5.43 Å². The number of aromatic hydroxyl groups is 2. The number of hydrogen-bond donors (Lipinski definition) is 4. The maximum absolute atomic E-state index is 9.58. The second kappa shape index (κ2) is 6.53. The maximum Gasteiger partial charge on any atom is 0.191 e. The Morgan fingerprint density at radius 1 is 1.05 bits per heavy atom. The molecule has 20 heavy (non-hydrogen) atoms. The summed E-state index contributed by atoms with van der Waals surface area (Å²) in [5.74, 6) is 0.311. The Hall–Kier alpha value is -2.60. The number of phenols is 2. The zero-order valence-electron chi connectivity index (χ0n) is 10.4. The van der Waals surface area contributed by atoms with Crippen LogP contribution >= 0.6 is 12.2 Å². The molecule has 0 spiro atoms. The molecule has 0 aliphatic heterocycles. The summed E-state index contributed by atoms with van der Waals surface area (Å²) in [7, 11) is 0. The number of nitrogens with one attached hydrogen (secondary N) is 2. The topological polar surface area (TPSA) is 76.9 Å². The summed E-state index contributed by atoms with van der Waals surface area (Å²) in [5, 5.41) is 25.8. The number of para-hydroxylation sites is 2. The highest BCUT2D eigenvalue weighted by Crippen LogP contribution is 2.21. The molecule has 0 unspecified atom stereocenters. The molecule has 0 saturated heterocycles. The number of anilines is 1. The van der Waals surface area contributed by atoms with E-state index in [0.717, 1.165) is 5.56 Å². The summed E-state index contributed by atoms with van der Waals surface area (Å²) in [6, 6.07) is 13.3. The first kappa shape index (κ1) is 13.8. The lowest BCUT2D eigenvalue weighted by Crippen LogP contribution is -2.23. The Morgan fingerprint density at radius 3 is 2.45 bits per heavy atom. The van der Waals surface area contributed by atoms with E-state index in [4.69, 9.17) is 17.3 Å². The second-order valence-electron chi connectivity index (χ2n) is 3.93. The summed E-state index contributed by atoms with van der Waals surface area (Å²) in [6.07, 6.45) is 1.57. The van der Waals surface area contributed by atoms with Crippen molar-refractivity contribution in [1.82, 2.24) is 5.43 Å². The third-order valence-electron chi connectivity index (χ3n) is 2.43. The lowest BCUT2D eigenvalue weighted by molar-refractivity contribution is 0.475. The van der Waals surface area contributed by atoms with Crippen molar-refractivity contribution in [2.45, 2.75) is 0 Å². The predicted octanol–water partition coefficient (Wildman–Crippen LogP) is 2.42. The molecule has 2 aromatic carbocycles. The lowest BCUT2D eigenvalue weighted by atomic mass is 10.2. The van der Waals surface area contributed by atoms with Gasteiger partial charge < -0.3 is 15.5 Å². The van der Waals surface area contributed by atoms with E-state index in [9.17, 15) is 5.11 Å². The van der Waals surface area contributed by atoms with Crippen molar-refractivity contribution in [3.8, 4) is 11.5 Å². The standard InChI is InChI=1S/C14H13N3O2S/c18-11-7-5-10(6-8-11)9-15-17-14(20)16-12-3-1-2-4-13(12)19/h1-9,18-19H,(H2,16,17,20)/b15-9+. The lowest BCUT2D eigenvalue weighted by Gasteiger charge is -2.08. The highest BCUT2D eigenvalue weighted by molar-refractivity contribution is 7.80. The summed E-state index contributed by atoms with van der Waals surface area (Å²) < 4.78 is 0. The number of hydrazone groups is 1. The van der Waals surface area contributed by atoms with E-state index in [1.807, 2.05) is 0 Å². The summed E-state index contributed by atoms with van der Waals surface area (Å²) in [5.41, 5.74) is 3.96. The van der Waals surface area contributed by atoms with E-state index in [1.54, 1.807) is 54.7 Å². The molecule has 0 atom stereocenters. The van der Waals surface area contributed by atoms with Crippen molar-refractivity contribution in [3.63, 3.8) is 0 Å². The van der Waals surface area contributed by atoms with Crippen LogP contribution in [0.5, 0.6) is 11.5 Å². The van der Waals surface area contributed by atoms with Crippen molar-refractivity contribution < 1.29 is 10.2 Å². The largest absolute Gasteiger partial charge is 0.508 e. The minimum absolute atomic E-state index is 0.110. The Bertz CT molecular complexity index is 627. The average Bonchev–Trinajstić information content (AvgIpc) is 2.44. The van der Waals surface area contributed by atoms with Crippen molar-refractivity contribution in [1.29, 1.82) is 0 Å². The first-order valence-corrected chi connectivity index (χ1v) is 6.23. The fourth-order valence-corrected chi connectivity index (χ4v) is 1.62. The van der Waals surface area contributed by atoms with Gasteiger partial charge in [0.2, 0.25) is 0 Å². The van der Waals surface area contributed by atoms with Gasteiger partial charge in [-0.05, 0) is 54.2 Å². The number of benzene rings is 2. The minimum atomic E-state index is 0.110. The number of nitrogens with zero attached hydrogens (tertiary/aromatic N) is 1. The molecule has 0 heterocycles. The molecule has 0 aliphatic carbocycles. The van der Waals surface area contributed by atoms with Crippen LogP contribution in [0.25, 0.3) is 0 Å². The molecule has 5 nitrogen and oxygen atoms in total. The number of rotatable bonds is 3. The van der Waals surface area contributed by atoms with E-state index < -0.39 is 0 Å². The van der Waals surface area contributed by atoms with Crippen LogP contribution in [-0.4, -0.2) is 21.5 Å². The smallest absolute Gasteiger partial charge is 0.191 e. The Balaban J connectivity index is 1.89. The van der Waals surface area contributed by atoms with Gasteiger partial charge in [-0.15, -0.1) is 0 Å². The van der Waals surface area contributed by atoms with Crippen LogP contribution in [-0.2, 0) is 0 Å². The molecule has 0 amide bonds. The van der Waals surface area contributed by atoms with Crippen molar-refractivity contribution >= 4 is 29.2 Å². The molecule has 0 aliphatic rings. The fraction of sp³-hybridized carbons (Fsp3) is 0. The van der Waals surface area contributed by atoms with Gasteiger partial charge in [-0.2, -0.15) is 5.10 Å². The second-order valence-corrected chi connectivity index (χ2v) is 4.34. The molecule has 0 bridgehead atoms. The van der Waals surface area contributed by atoms with Gasteiger partial charge in [0.1, 0.15) is 11.5 Å².